The van der Waals surface area contributed by atoms with E-state index in [0.29, 0.717) is 19.8 Å². The van der Waals surface area contributed by atoms with Gasteiger partial charge in [0.25, 0.3) is 0 Å². The van der Waals surface area contributed by atoms with Gasteiger partial charge >= 0.3 is 8.80 Å². The van der Waals surface area contributed by atoms with Crippen molar-refractivity contribution in [3.8, 4) is 0 Å². The van der Waals surface area contributed by atoms with Crippen molar-refractivity contribution >= 4 is 14.9 Å². The van der Waals surface area contributed by atoms with Crippen molar-refractivity contribution in [1.82, 2.24) is 0 Å². The molecule has 20 heavy (non-hydrogen) atoms. The molecule has 0 spiro atoms. The lowest BCUT2D eigenvalue weighted by molar-refractivity contribution is 0.0691. The molecule has 0 aliphatic carbocycles. The van der Waals surface area contributed by atoms with Gasteiger partial charge in [-0.05, 0) is 31.4 Å². The second-order valence-corrected chi connectivity index (χ2v) is 7.39. The molecule has 0 aliphatic heterocycles. The summed E-state index contributed by atoms with van der Waals surface area (Å²) >= 11 is 0. The van der Waals surface area contributed by atoms with Crippen LogP contribution in [-0.4, -0.2) is 28.6 Å². The molecule has 0 atom stereocenters. The largest absolute Gasteiger partial charge is 0.500 e. The fourth-order valence-electron chi connectivity index (χ4n) is 2.02. The lowest BCUT2D eigenvalue weighted by atomic mass is 10.1. The van der Waals surface area contributed by atoms with Gasteiger partial charge in [-0.3, -0.25) is 0 Å². The van der Waals surface area contributed by atoms with Gasteiger partial charge in [0.1, 0.15) is 0 Å². The van der Waals surface area contributed by atoms with Gasteiger partial charge in [-0.15, -0.1) is 0 Å². The van der Waals surface area contributed by atoms with Gasteiger partial charge in [-0.1, -0.05) is 43.8 Å². The summed E-state index contributed by atoms with van der Waals surface area (Å²) in [6, 6.07) is 9.16. The van der Waals surface area contributed by atoms with Crippen LogP contribution in [0.1, 0.15) is 31.9 Å². The summed E-state index contributed by atoms with van der Waals surface area (Å²) in [5.74, 6) is 0. The molecular weight excluding hydrogens is 268 g/mol. The summed E-state index contributed by atoms with van der Waals surface area (Å²) in [7, 11) is -2.46. The molecule has 0 heterocycles. The van der Waals surface area contributed by atoms with Crippen LogP contribution in [0.25, 0.3) is 6.08 Å². The molecule has 0 unspecified atom stereocenters. The summed E-state index contributed by atoms with van der Waals surface area (Å²) in [4.78, 5) is 0. The first kappa shape index (κ1) is 17.1. The van der Waals surface area contributed by atoms with Crippen molar-refractivity contribution in [2.24, 2.45) is 0 Å². The molecule has 1 aromatic carbocycles. The highest BCUT2D eigenvalue weighted by molar-refractivity contribution is 6.60. The standard InChI is InChI=1S/C16H26O3Si/c1-5-15-9-11-16(12-10-15)13-14-19-20(8-4,17-6-2)18-7-3/h5,9-12H,1,6-8,13-14H2,2-4H3. The molecule has 112 valence electrons. The first-order valence-electron chi connectivity index (χ1n) is 7.33. The minimum atomic E-state index is -2.46. The van der Waals surface area contributed by atoms with Gasteiger partial charge in [-0.25, -0.2) is 0 Å². The Morgan fingerprint density at radius 2 is 1.60 bits per heavy atom. The molecule has 1 rings (SSSR count). The quantitative estimate of drug-likeness (QED) is 0.612. The van der Waals surface area contributed by atoms with Gasteiger partial charge in [0.15, 0.2) is 0 Å². The average molecular weight is 294 g/mol. The highest BCUT2D eigenvalue weighted by atomic mass is 28.4. The summed E-state index contributed by atoms with van der Waals surface area (Å²) in [5.41, 5.74) is 2.39. The van der Waals surface area contributed by atoms with Crippen molar-refractivity contribution in [1.29, 1.82) is 0 Å². The number of rotatable bonds is 10. The van der Waals surface area contributed by atoms with Crippen LogP contribution >= 0.6 is 0 Å². The maximum Gasteiger partial charge on any atom is 0.500 e. The van der Waals surface area contributed by atoms with E-state index in [1.807, 2.05) is 19.9 Å². The molecule has 4 heteroatoms. The number of hydrogen-bond acceptors (Lipinski definition) is 3. The Kier molecular flexibility index (Phi) is 7.77. The third-order valence-electron chi connectivity index (χ3n) is 3.09. The molecule has 1 aromatic rings. The van der Waals surface area contributed by atoms with E-state index >= 15 is 0 Å². The van der Waals surface area contributed by atoms with Crippen LogP contribution in [0.3, 0.4) is 0 Å². The maximum absolute atomic E-state index is 5.99. The van der Waals surface area contributed by atoms with Gasteiger partial charge < -0.3 is 13.3 Å². The van der Waals surface area contributed by atoms with Crippen molar-refractivity contribution in [3.63, 3.8) is 0 Å². The summed E-state index contributed by atoms with van der Waals surface area (Å²) in [6.07, 6.45) is 2.71. The molecular formula is C16H26O3Si. The van der Waals surface area contributed by atoms with Crippen LogP contribution in [0.2, 0.25) is 6.04 Å². The third-order valence-corrected chi connectivity index (χ3v) is 6.06. The van der Waals surface area contributed by atoms with Crippen LogP contribution in [0.15, 0.2) is 30.8 Å². The van der Waals surface area contributed by atoms with E-state index in [2.05, 4.69) is 37.8 Å². The van der Waals surface area contributed by atoms with Crippen LogP contribution in [-0.2, 0) is 19.7 Å². The van der Waals surface area contributed by atoms with Crippen LogP contribution in [0.4, 0.5) is 0 Å². The normalized spacial score (nSPS) is 11.6. The zero-order chi connectivity index (χ0) is 14.8. The maximum atomic E-state index is 5.99. The van der Waals surface area contributed by atoms with E-state index in [-0.39, 0.29) is 0 Å². The van der Waals surface area contributed by atoms with Crippen molar-refractivity contribution in [2.45, 2.75) is 33.2 Å². The molecule has 0 saturated heterocycles. The molecule has 3 nitrogen and oxygen atoms in total. The van der Waals surface area contributed by atoms with Crippen molar-refractivity contribution in [3.05, 3.63) is 42.0 Å². The molecule has 0 bridgehead atoms. The summed E-state index contributed by atoms with van der Waals surface area (Å²) in [6.45, 7) is 11.7. The molecule has 0 aromatic heterocycles. The molecule has 0 amide bonds. The van der Waals surface area contributed by atoms with E-state index in [9.17, 15) is 0 Å². The Hall–Kier alpha value is -0.943. The van der Waals surface area contributed by atoms with Crippen molar-refractivity contribution in [2.75, 3.05) is 19.8 Å². The summed E-state index contributed by atoms with van der Waals surface area (Å²) in [5, 5.41) is 0. The number of benzene rings is 1. The Balaban J connectivity index is 2.52. The van der Waals surface area contributed by atoms with Gasteiger partial charge in [0, 0.05) is 25.9 Å². The smallest absolute Gasteiger partial charge is 0.374 e. The van der Waals surface area contributed by atoms with Crippen LogP contribution in [0.5, 0.6) is 0 Å². The van der Waals surface area contributed by atoms with Gasteiger partial charge in [-0.2, -0.15) is 0 Å². The molecule has 0 fully saturated rings. The second-order valence-electron chi connectivity index (χ2n) is 4.45. The van der Waals surface area contributed by atoms with E-state index < -0.39 is 8.80 Å². The highest BCUT2D eigenvalue weighted by Crippen LogP contribution is 2.16. The van der Waals surface area contributed by atoms with E-state index in [1.54, 1.807) is 0 Å². The minimum absolute atomic E-state index is 0.632. The monoisotopic (exact) mass is 294 g/mol. The molecule has 0 saturated carbocycles. The lowest BCUT2D eigenvalue weighted by Gasteiger charge is -2.27. The van der Waals surface area contributed by atoms with Gasteiger partial charge in [0.05, 0.1) is 0 Å². The Morgan fingerprint density at radius 1 is 1.00 bits per heavy atom. The zero-order valence-corrected chi connectivity index (χ0v) is 13.9. The van der Waals surface area contributed by atoms with Crippen molar-refractivity contribution < 1.29 is 13.3 Å². The van der Waals surface area contributed by atoms with Crippen LogP contribution < -0.4 is 0 Å². The SMILES string of the molecule is C=Cc1ccc(CCO[Si](CC)(OCC)OCC)cc1. The summed E-state index contributed by atoms with van der Waals surface area (Å²) < 4.78 is 17.5. The van der Waals surface area contributed by atoms with Crippen LogP contribution in [0, 0.1) is 0 Å². The van der Waals surface area contributed by atoms with E-state index in [0.717, 1.165) is 18.0 Å². The third kappa shape index (κ3) is 5.21. The predicted molar refractivity (Wildman–Crippen MR) is 85.7 cm³/mol. The van der Waals surface area contributed by atoms with E-state index in [1.165, 1.54) is 5.56 Å². The number of hydrogen-bond donors (Lipinski definition) is 0. The highest BCUT2D eigenvalue weighted by Gasteiger charge is 2.38. The fourth-order valence-corrected chi connectivity index (χ4v) is 4.17. The minimum Gasteiger partial charge on any atom is -0.374 e. The lowest BCUT2D eigenvalue weighted by Crippen LogP contribution is -2.45. The first-order chi connectivity index (χ1) is 9.69. The Morgan fingerprint density at radius 3 is 2.05 bits per heavy atom. The predicted octanol–water partition coefficient (Wildman–Crippen LogP) is 3.92. The second kappa shape index (κ2) is 9.08. The first-order valence-corrected chi connectivity index (χ1v) is 9.26. The Bertz CT molecular complexity index is 383. The average Bonchev–Trinajstić information content (AvgIpc) is 2.48. The topological polar surface area (TPSA) is 27.7 Å². The molecule has 0 N–H and O–H groups in total. The van der Waals surface area contributed by atoms with Gasteiger partial charge in [0.2, 0.25) is 0 Å². The molecule has 0 aliphatic rings. The fraction of sp³-hybridized carbons (Fsp3) is 0.500. The molecule has 0 radical (unpaired) electrons. The van der Waals surface area contributed by atoms with E-state index in [4.69, 9.17) is 13.3 Å². The zero-order valence-electron chi connectivity index (χ0n) is 12.9. The Labute approximate surface area is 123 Å².